The maximum absolute atomic E-state index is 11.3. The molecular weight excluding hydrogens is 240 g/mol. The zero-order chi connectivity index (χ0) is 11.8. The van der Waals surface area contributed by atoms with Gasteiger partial charge in [0, 0.05) is 26.1 Å². The van der Waals surface area contributed by atoms with Crippen molar-refractivity contribution in [3.8, 4) is 0 Å². The molecule has 0 saturated heterocycles. The van der Waals surface area contributed by atoms with Gasteiger partial charge in [-0.15, -0.1) is 12.4 Å². The minimum atomic E-state index is -0.160. The van der Waals surface area contributed by atoms with Crippen molar-refractivity contribution in [2.75, 3.05) is 20.3 Å². The van der Waals surface area contributed by atoms with Crippen LogP contribution in [0.2, 0.25) is 0 Å². The molecule has 3 N–H and O–H groups in total. The van der Waals surface area contributed by atoms with Crippen molar-refractivity contribution in [2.45, 2.75) is 12.5 Å². The van der Waals surface area contributed by atoms with Gasteiger partial charge >= 0.3 is 0 Å². The van der Waals surface area contributed by atoms with E-state index >= 15 is 0 Å². The van der Waals surface area contributed by atoms with E-state index in [9.17, 15) is 4.79 Å². The number of carbonyl (C=O) groups is 1. The van der Waals surface area contributed by atoms with Gasteiger partial charge in [0.1, 0.15) is 0 Å². The molecule has 1 unspecified atom stereocenters. The van der Waals surface area contributed by atoms with Crippen LogP contribution in [0.4, 0.5) is 0 Å². The smallest absolute Gasteiger partial charge is 0.222 e. The van der Waals surface area contributed by atoms with Crippen molar-refractivity contribution >= 4 is 18.3 Å². The molecule has 0 aliphatic rings. The lowest BCUT2D eigenvalue weighted by molar-refractivity contribution is -0.122. The van der Waals surface area contributed by atoms with Crippen molar-refractivity contribution in [1.29, 1.82) is 0 Å². The highest BCUT2D eigenvalue weighted by molar-refractivity contribution is 5.85. The van der Waals surface area contributed by atoms with Gasteiger partial charge < -0.3 is 15.8 Å². The van der Waals surface area contributed by atoms with Crippen LogP contribution in [-0.4, -0.2) is 26.2 Å². The quantitative estimate of drug-likeness (QED) is 0.808. The second-order valence-electron chi connectivity index (χ2n) is 3.56. The summed E-state index contributed by atoms with van der Waals surface area (Å²) in [5.41, 5.74) is 6.95. The molecule has 0 heterocycles. The minimum absolute atomic E-state index is 0. The average molecular weight is 259 g/mol. The summed E-state index contributed by atoms with van der Waals surface area (Å²) in [5, 5.41) is 2.77. The Labute approximate surface area is 108 Å². The Morgan fingerprint density at radius 2 is 2.06 bits per heavy atom. The molecule has 1 atom stereocenters. The number of methoxy groups -OCH3 is 1. The number of carbonyl (C=O) groups excluding carboxylic acids is 1. The van der Waals surface area contributed by atoms with E-state index in [1.165, 1.54) is 0 Å². The van der Waals surface area contributed by atoms with Crippen molar-refractivity contribution in [3.63, 3.8) is 0 Å². The minimum Gasteiger partial charge on any atom is -0.384 e. The average Bonchev–Trinajstić information content (AvgIpc) is 2.34. The number of ether oxygens (including phenoxy) is 1. The van der Waals surface area contributed by atoms with Gasteiger partial charge in [0.15, 0.2) is 0 Å². The molecule has 1 rings (SSSR count). The highest BCUT2D eigenvalue weighted by Gasteiger charge is 2.07. The zero-order valence-electron chi connectivity index (χ0n) is 9.89. The molecular formula is C12H19ClN2O2. The number of amides is 1. The van der Waals surface area contributed by atoms with Crippen LogP contribution in [0, 0.1) is 0 Å². The number of halogens is 1. The van der Waals surface area contributed by atoms with Crippen LogP contribution in [-0.2, 0) is 9.53 Å². The van der Waals surface area contributed by atoms with E-state index in [0.717, 1.165) is 5.56 Å². The maximum atomic E-state index is 11.3. The second kappa shape index (κ2) is 8.98. The van der Waals surface area contributed by atoms with Crippen LogP contribution in [0.3, 0.4) is 0 Å². The number of nitrogens with one attached hydrogen (secondary N) is 1. The SMILES string of the molecule is COCCC(=O)NCC(N)c1ccccc1.Cl. The first-order chi connectivity index (χ1) is 7.74. The van der Waals surface area contributed by atoms with Crippen molar-refractivity contribution in [1.82, 2.24) is 5.32 Å². The van der Waals surface area contributed by atoms with Crippen molar-refractivity contribution in [3.05, 3.63) is 35.9 Å². The third kappa shape index (κ3) is 6.26. The maximum Gasteiger partial charge on any atom is 0.222 e. The first kappa shape index (κ1) is 15.9. The van der Waals surface area contributed by atoms with Gasteiger partial charge in [0.2, 0.25) is 5.91 Å². The summed E-state index contributed by atoms with van der Waals surface area (Å²) in [7, 11) is 1.57. The van der Waals surface area contributed by atoms with Crippen LogP contribution in [0.15, 0.2) is 30.3 Å². The molecule has 17 heavy (non-hydrogen) atoms. The molecule has 1 aromatic rings. The molecule has 0 aliphatic heterocycles. The van der Waals surface area contributed by atoms with E-state index < -0.39 is 0 Å². The highest BCUT2D eigenvalue weighted by atomic mass is 35.5. The monoisotopic (exact) mass is 258 g/mol. The Morgan fingerprint density at radius 1 is 1.41 bits per heavy atom. The number of hydrogen-bond donors (Lipinski definition) is 2. The fraction of sp³-hybridized carbons (Fsp3) is 0.417. The molecule has 1 amide bonds. The Hall–Kier alpha value is -1.10. The van der Waals surface area contributed by atoms with Gasteiger partial charge in [0.25, 0.3) is 0 Å². The largest absolute Gasteiger partial charge is 0.384 e. The summed E-state index contributed by atoms with van der Waals surface area (Å²) in [4.78, 5) is 11.3. The van der Waals surface area contributed by atoms with Gasteiger partial charge in [-0.2, -0.15) is 0 Å². The summed E-state index contributed by atoms with van der Waals surface area (Å²) in [6.45, 7) is 0.888. The summed E-state index contributed by atoms with van der Waals surface area (Å²) < 4.78 is 4.81. The summed E-state index contributed by atoms with van der Waals surface area (Å²) >= 11 is 0. The predicted octanol–water partition coefficient (Wildman–Crippen LogP) is 1.26. The normalized spacial score (nSPS) is 11.4. The molecule has 0 aromatic heterocycles. The topological polar surface area (TPSA) is 64.3 Å². The van der Waals surface area contributed by atoms with E-state index in [0.29, 0.717) is 19.6 Å². The Morgan fingerprint density at radius 3 is 2.65 bits per heavy atom. The summed E-state index contributed by atoms with van der Waals surface area (Å²) in [6.07, 6.45) is 0.373. The van der Waals surface area contributed by atoms with E-state index in [-0.39, 0.29) is 24.4 Å². The van der Waals surface area contributed by atoms with E-state index in [2.05, 4.69) is 5.32 Å². The third-order valence-corrected chi connectivity index (χ3v) is 2.28. The summed E-state index contributed by atoms with van der Waals surface area (Å²) in [5.74, 6) is -0.0340. The fourth-order valence-electron chi connectivity index (χ4n) is 1.33. The number of rotatable bonds is 6. The van der Waals surface area contributed by atoms with Crippen LogP contribution >= 0.6 is 12.4 Å². The van der Waals surface area contributed by atoms with E-state index in [4.69, 9.17) is 10.5 Å². The fourth-order valence-corrected chi connectivity index (χ4v) is 1.33. The highest BCUT2D eigenvalue weighted by Crippen LogP contribution is 2.07. The van der Waals surface area contributed by atoms with E-state index in [1.807, 2.05) is 30.3 Å². The van der Waals surface area contributed by atoms with Gasteiger partial charge in [-0.1, -0.05) is 30.3 Å². The summed E-state index contributed by atoms with van der Waals surface area (Å²) in [6, 6.07) is 9.54. The molecule has 4 nitrogen and oxygen atoms in total. The lowest BCUT2D eigenvalue weighted by Gasteiger charge is -2.12. The van der Waals surface area contributed by atoms with Crippen LogP contribution in [0.5, 0.6) is 0 Å². The predicted molar refractivity (Wildman–Crippen MR) is 70.1 cm³/mol. The van der Waals surface area contributed by atoms with Crippen LogP contribution in [0.25, 0.3) is 0 Å². The van der Waals surface area contributed by atoms with Crippen molar-refractivity contribution < 1.29 is 9.53 Å². The molecule has 5 heteroatoms. The van der Waals surface area contributed by atoms with Gasteiger partial charge in [-0.25, -0.2) is 0 Å². The van der Waals surface area contributed by atoms with Crippen LogP contribution in [0.1, 0.15) is 18.0 Å². The standard InChI is InChI=1S/C12H18N2O2.ClH/c1-16-8-7-12(15)14-9-11(13)10-5-3-2-4-6-10;/h2-6,11H,7-9,13H2,1H3,(H,14,15);1H. The number of benzene rings is 1. The van der Waals surface area contributed by atoms with Crippen molar-refractivity contribution in [2.24, 2.45) is 5.73 Å². The molecule has 0 saturated carbocycles. The van der Waals surface area contributed by atoms with Crippen LogP contribution < -0.4 is 11.1 Å². The third-order valence-electron chi connectivity index (χ3n) is 2.28. The lowest BCUT2D eigenvalue weighted by Crippen LogP contribution is -2.32. The molecule has 0 fully saturated rings. The molecule has 1 aromatic carbocycles. The molecule has 0 aliphatic carbocycles. The molecule has 0 bridgehead atoms. The Kier molecular flexibility index (Phi) is 8.40. The first-order valence-electron chi connectivity index (χ1n) is 5.30. The van der Waals surface area contributed by atoms with Gasteiger partial charge in [-0.3, -0.25) is 4.79 Å². The Balaban J connectivity index is 0.00000256. The first-order valence-corrected chi connectivity index (χ1v) is 5.30. The van der Waals surface area contributed by atoms with Gasteiger partial charge in [0.05, 0.1) is 6.61 Å². The molecule has 0 spiro atoms. The number of nitrogens with two attached hydrogens (primary N) is 1. The van der Waals surface area contributed by atoms with E-state index in [1.54, 1.807) is 7.11 Å². The lowest BCUT2D eigenvalue weighted by atomic mass is 10.1. The molecule has 96 valence electrons. The Bertz CT molecular complexity index is 320. The second-order valence-corrected chi connectivity index (χ2v) is 3.56. The zero-order valence-corrected chi connectivity index (χ0v) is 10.7. The number of hydrogen-bond acceptors (Lipinski definition) is 3. The molecule has 0 radical (unpaired) electrons. The van der Waals surface area contributed by atoms with Gasteiger partial charge in [-0.05, 0) is 5.56 Å².